The lowest BCUT2D eigenvalue weighted by molar-refractivity contribution is -0.117. The molecule has 1 fully saturated rings. The van der Waals surface area contributed by atoms with E-state index in [0.717, 1.165) is 46.8 Å². The predicted molar refractivity (Wildman–Crippen MR) is 141 cm³/mol. The largest absolute Gasteiger partial charge is 0.493 e. The van der Waals surface area contributed by atoms with E-state index in [9.17, 15) is 4.79 Å². The zero-order valence-corrected chi connectivity index (χ0v) is 21.0. The molecule has 3 aromatic carbocycles. The second-order valence-electron chi connectivity index (χ2n) is 9.83. The Morgan fingerprint density at radius 1 is 0.943 bits per heavy atom. The lowest BCUT2D eigenvalue weighted by Gasteiger charge is -2.19. The van der Waals surface area contributed by atoms with Crippen molar-refractivity contribution in [3.63, 3.8) is 0 Å². The van der Waals surface area contributed by atoms with E-state index in [-0.39, 0.29) is 11.8 Å². The molecule has 4 aromatic rings. The summed E-state index contributed by atoms with van der Waals surface area (Å²) in [6.45, 7) is 10.4. The van der Waals surface area contributed by atoms with Gasteiger partial charge in [-0.15, -0.1) is 0 Å². The zero-order valence-electron chi connectivity index (χ0n) is 21.0. The minimum atomic E-state index is 0.0657. The monoisotopic (exact) mass is 467 g/mol. The Kier molecular flexibility index (Phi) is 6.33. The summed E-state index contributed by atoms with van der Waals surface area (Å²) in [5.74, 6) is 2.17. The van der Waals surface area contributed by atoms with Crippen molar-refractivity contribution in [2.45, 2.75) is 53.0 Å². The van der Waals surface area contributed by atoms with Crippen molar-refractivity contribution in [2.75, 3.05) is 18.1 Å². The first-order valence-corrected chi connectivity index (χ1v) is 12.4. The van der Waals surface area contributed by atoms with Gasteiger partial charge in [0.15, 0.2) is 0 Å². The molecule has 0 N–H and O–H groups in total. The molecule has 1 aliphatic rings. The van der Waals surface area contributed by atoms with Crippen LogP contribution >= 0.6 is 0 Å². The van der Waals surface area contributed by atoms with Gasteiger partial charge in [-0.2, -0.15) is 0 Å². The number of amides is 1. The molecule has 0 bridgehead atoms. The van der Waals surface area contributed by atoms with Crippen molar-refractivity contribution in [3.8, 4) is 5.75 Å². The van der Waals surface area contributed by atoms with E-state index in [2.05, 4.69) is 86.9 Å². The second kappa shape index (κ2) is 9.57. The molecule has 0 spiro atoms. The highest BCUT2D eigenvalue weighted by Gasteiger charge is 2.35. The van der Waals surface area contributed by atoms with Crippen LogP contribution < -0.4 is 9.64 Å². The van der Waals surface area contributed by atoms with Crippen LogP contribution in [0.3, 0.4) is 0 Å². The number of rotatable bonds is 7. The number of anilines is 1. The highest BCUT2D eigenvalue weighted by Crippen LogP contribution is 2.34. The average molecular weight is 468 g/mol. The molecule has 5 rings (SSSR count). The molecule has 0 saturated carbocycles. The van der Waals surface area contributed by atoms with Crippen LogP contribution in [0.5, 0.6) is 5.75 Å². The van der Waals surface area contributed by atoms with Gasteiger partial charge in [0.25, 0.3) is 0 Å². The zero-order chi connectivity index (χ0) is 24.5. The highest BCUT2D eigenvalue weighted by atomic mass is 16.5. The first kappa shape index (κ1) is 23.2. The van der Waals surface area contributed by atoms with Crippen LogP contribution in [-0.2, 0) is 11.3 Å². The third-order valence-corrected chi connectivity index (χ3v) is 6.81. The van der Waals surface area contributed by atoms with E-state index in [1.807, 2.05) is 11.0 Å². The summed E-state index contributed by atoms with van der Waals surface area (Å²) in [6.07, 6.45) is 1.34. The van der Waals surface area contributed by atoms with Crippen molar-refractivity contribution in [3.05, 3.63) is 88.7 Å². The van der Waals surface area contributed by atoms with Crippen LogP contribution in [0.15, 0.2) is 60.7 Å². The third kappa shape index (κ3) is 4.81. The molecule has 1 aromatic heterocycles. The molecule has 5 nitrogen and oxygen atoms in total. The Morgan fingerprint density at radius 3 is 2.49 bits per heavy atom. The molecule has 0 radical (unpaired) electrons. The number of carbonyl (C=O) groups excluding carboxylic acids is 1. The maximum atomic E-state index is 13.0. The lowest BCUT2D eigenvalue weighted by atomic mass is 10.1. The van der Waals surface area contributed by atoms with Crippen LogP contribution in [0, 0.1) is 27.7 Å². The Morgan fingerprint density at radius 2 is 1.71 bits per heavy atom. The summed E-state index contributed by atoms with van der Waals surface area (Å²) in [7, 11) is 0. The van der Waals surface area contributed by atoms with Crippen molar-refractivity contribution < 1.29 is 9.53 Å². The summed E-state index contributed by atoms with van der Waals surface area (Å²) in [6, 6.07) is 20.9. The summed E-state index contributed by atoms with van der Waals surface area (Å²) in [4.78, 5) is 20.0. The van der Waals surface area contributed by atoms with Gasteiger partial charge in [0, 0.05) is 31.1 Å². The predicted octanol–water partition coefficient (Wildman–Crippen LogP) is 6.26. The molecule has 1 aliphatic heterocycles. The van der Waals surface area contributed by atoms with Crippen LogP contribution in [-0.4, -0.2) is 28.6 Å². The second-order valence-corrected chi connectivity index (χ2v) is 9.83. The maximum absolute atomic E-state index is 13.0. The molecular weight excluding hydrogens is 434 g/mol. The Bertz CT molecular complexity index is 1370. The molecule has 1 saturated heterocycles. The van der Waals surface area contributed by atoms with Gasteiger partial charge in [-0.25, -0.2) is 4.98 Å². The van der Waals surface area contributed by atoms with Gasteiger partial charge < -0.3 is 14.2 Å². The number of hydrogen-bond donors (Lipinski definition) is 0. The van der Waals surface area contributed by atoms with Crippen LogP contribution in [0.1, 0.15) is 46.8 Å². The maximum Gasteiger partial charge on any atom is 0.227 e. The number of hydrogen-bond acceptors (Lipinski definition) is 3. The third-order valence-electron chi connectivity index (χ3n) is 6.81. The van der Waals surface area contributed by atoms with Crippen LogP contribution in [0.4, 0.5) is 5.69 Å². The van der Waals surface area contributed by atoms with Crippen LogP contribution in [0.25, 0.3) is 11.0 Å². The van der Waals surface area contributed by atoms with E-state index in [4.69, 9.17) is 9.72 Å². The molecule has 35 heavy (non-hydrogen) atoms. The molecule has 180 valence electrons. The Balaban J connectivity index is 1.35. The van der Waals surface area contributed by atoms with Crippen LogP contribution in [0.2, 0.25) is 0 Å². The number of aryl methyl sites for hydroxylation is 5. The summed E-state index contributed by atoms with van der Waals surface area (Å²) in [5, 5.41) is 0. The molecule has 2 heterocycles. The summed E-state index contributed by atoms with van der Waals surface area (Å²) < 4.78 is 8.38. The standard InChI is InChI=1S/C30H33N3O2/c1-20-10-11-28(23(4)15-20)35-13-7-12-32-27-9-6-5-8-26(27)31-30(32)24-18-29(34)33(19-24)25-16-21(2)14-22(3)17-25/h5-6,8-11,14-17,24H,7,12-13,18-19H2,1-4H3. The fourth-order valence-corrected chi connectivity index (χ4v) is 5.24. The molecule has 1 atom stereocenters. The number of benzene rings is 3. The Hall–Kier alpha value is -3.60. The van der Waals surface area contributed by atoms with E-state index in [1.165, 1.54) is 16.7 Å². The van der Waals surface area contributed by atoms with Gasteiger partial charge in [-0.05, 0) is 81.1 Å². The topological polar surface area (TPSA) is 47.4 Å². The van der Waals surface area contributed by atoms with E-state index >= 15 is 0 Å². The Labute approximate surface area is 207 Å². The van der Waals surface area contributed by atoms with Gasteiger partial charge in [0.05, 0.1) is 17.6 Å². The number of aromatic nitrogens is 2. The summed E-state index contributed by atoms with van der Waals surface area (Å²) in [5.41, 5.74) is 7.83. The van der Waals surface area contributed by atoms with Crippen molar-refractivity contribution in [2.24, 2.45) is 0 Å². The smallest absolute Gasteiger partial charge is 0.227 e. The van der Waals surface area contributed by atoms with E-state index in [1.54, 1.807) is 0 Å². The first-order chi connectivity index (χ1) is 16.9. The molecule has 1 unspecified atom stereocenters. The number of imidazole rings is 1. The highest BCUT2D eigenvalue weighted by molar-refractivity contribution is 5.96. The molecular formula is C30H33N3O2. The van der Waals surface area contributed by atoms with Gasteiger partial charge in [-0.3, -0.25) is 4.79 Å². The van der Waals surface area contributed by atoms with Gasteiger partial charge in [0.1, 0.15) is 11.6 Å². The normalized spacial score (nSPS) is 15.8. The van der Waals surface area contributed by atoms with E-state index < -0.39 is 0 Å². The average Bonchev–Trinajstić information content (AvgIpc) is 3.38. The van der Waals surface area contributed by atoms with Gasteiger partial charge in [0.2, 0.25) is 5.91 Å². The molecule has 5 heteroatoms. The number of fused-ring (bicyclic) bond motifs is 1. The fraction of sp³-hybridized carbons (Fsp3) is 0.333. The molecule has 0 aliphatic carbocycles. The minimum Gasteiger partial charge on any atom is -0.493 e. The first-order valence-electron chi connectivity index (χ1n) is 12.4. The number of para-hydroxylation sites is 2. The quantitative estimate of drug-likeness (QED) is 0.301. The summed E-state index contributed by atoms with van der Waals surface area (Å²) >= 11 is 0. The fourth-order valence-electron chi connectivity index (χ4n) is 5.24. The van der Waals surface area contributed by atoms with Crippen molar-refractivity contribution >= 4 is 22.6 Å². The van der Waals surface area contributed by atoms with Gasteiger partial charge in [-0.1, -0.05) is 35.9 Å². The number of carbonyl (C=O) groups is 1. The van der Waals surface area contributed by atoms with Crippen molar-refractivity contribution in [1.82, 2.24) is 9.55 Å². The number of ether oxygens (including phenoxy) is 1. The van der Waals surface area contributed by atoms with Crippen molar-refractivity contribution in [1.29, 1.82) is 0 Å². The minimum absolute atomic E-state index is 0.0657. The van der Waals surface area contributed by atoms with E-state index in [0.29, 0.717) is 19.6 Å². The SMILES string of the molecule is Cc1cc(C)cc(N2CC(c3nc4ccccc4n3CCCOc3ccc(C)cc3C)CC2=O)c1. The lowest BCUT2D eigenvalue weighted by Crippen LogP contribution is -2.24. The van der Waals surface area contributed by atoms with Gasteiger partial charge >= 0.3 is 0 Å². The molecule has 1 amide bonds. The number of nitrogens with zero attached hydrogens (tertiary/aromatic N) is 3.